The molecule has 20 aromatic rings. The van der Waals surface area contributed by atoms with Crippen LogP contribution in [0.5, 0.6) is 0 Å². The van der Waals surface area contributed by atoms with Gasteiger partial charge in [-0.05, 0) is 145 Å². The minimum absolute atomic E-state index is 0.00892. The molecule has 12 heteroatoms. The second-order valence-electron chi connectivity index (χ2n) is 35.3. The summed E-state index contributed by atoms with van der Waals surface area (Å²) in [7, 11) is 6.90. The molecule has 1 fully saturated rings. The maximum Gasteiger partial charge on any atom is 0.216 e. The summed E-state index contributed by atoms with van der Waals surface area (Å²) in [5.41, 5.74) is 10.3. The summed E-state index contributed by atoms with van der Waals surface area (Å²) in [4.78, 5) is 14.4. The van der Waals surface area contributed by atoms with Crippen LogP contribution in [0.1, 0.15) is 204 Å². The number of pyridine rings is 4. The number of aryl methyl sites for hydroxylation is 4. The molecule has 0 spiro atoms. The summed E-state index contributed by atoms with van der Waals surface area (Å²) in [6.07, 6.45) is -0.610. The van der Waals surface area contributed by atoms with Gasteiger partial charge in [0.25, 0.3) is 0 Å². The SMILES string of the molecule is [2H]c1c([2H])c([2H])c(-c2c([N+]#[C-])ccc3c2oc2c(-c4c([2H])c([2H])c(C([2H])(C)C([2H])([2H])[2H])c(C)[n+]4C)c(C)ccc23)c([2H])c1[2H].[2H]c1c([2H])c([2H])c(-c2c([N+]#[C-])ccc3c2oc2c(-c4c([2H])c([2H])c(C([2H])([2H])C(C)(C)C)c(C)[n+]4C)c(C)ccc23)c([2H])c1[2H].[2H]c1c([2H])c([2H])c(-c2c([N+]#[C-])ccc3c2oc2c(-c4c([2H])c([2H])c(C([2H])([2H])C(C)C)c(C)[n+]4C)c(C)ccc23)c([2H])c1[2H].[2H]c1c([2H])c([2H])c(-c2c([N+]#[C-])ccc3c2oc2c(-c4c([2H])c([2H])c(C5([2H])CCCC5)c(C)[n+]4C)c(C)ccc23)c([2H])c1[2H]. The lowest BCUT2D eigenvalue weighted by molar-refractivity contribution is -0.667. The van der Waals surface area contributed by atoms with E-state index < -0.39 is 170 Å². The van der Waals surface area contributed by atoms with E-state index in [4.69, 9.17) is 94.7 Å². The maximum atomic E-state index is 9.15. The Kier molecular flexibility index (Phi) is 15.7. The highest BCUT2D eigenvalue weighted by Crippen LogP contribution is 2.51. The van der Waals surface area contributed by atoms with Crippen molar-refractivity contribution in [1.29, 1.82) is 0 Å². The van der Waals surface area contributed by atoms with Gasteiger partial charge in [0, 0.05) is 152 Å². The van der Waals surface area contributed by atoms with E-state index in [1.807, 2.05) is 75.7 Å². The molecule has 12 aromatic carbocycles. The molecule has 0 bridgehead atoms. The Bertz CT molecular complexity index is 9900. The van der Waals surface area contributed by atoms with Crippen molar-refractivity contribution in [1.82, 2.24) is 0 Å². The van der Waals surface area contributed by atoms with Gasteiger partial charge in [0.15, 0.2) is 45.5 Å². The Balaban J connectivity index is 0.000000147. The van der Waals surface area contributed by atoms with Crippen molar-refractivity contribution in [2.45, 2.75) is 154 Å². The fourth-order valence-electron chi connectivity index (χ4n) is 18.1. The maximum absolute atomic E-state index is 9.15. The van der Waals surface area contributed by atoms with Gasteiger partial charge in [0.1, 0.15) is 72.9 Å². The first-order valence-electron chi connectivity index (χ1n) is 62.9. The first kappa shape index (κ1) is 57.2. The van der Waals surface area contributed by atoms with Gasteiger partial charge >= 0.3 is 0 Å². The van der Waals surface area contributed by atoms with Crippen LogP contribution in [0, 0.1) is 93.0 Å². The molecule has 1 aliphatic rings. The molecular weight excluding hydrogens is 1680 g/mol. The third-order valence-electron chi connectivity index (χ3n) is 25.3. The molecule has 1 aliphatic carbocycles. The van der Waals surface area contributed by atoms with Crippen molar-refractivity contribution >= 4 is 111 Å². The van der Waals surface area contributed by atoms with Gasteiger partial charge in [0.05, 0.1) is 86.9 Å². The smallest absolute Gasteiger partial charge is 0.216 e. The van der Waals surface area contributed by atoms with Crippen LogP contribution in [0.2, 0.25) is 0 Å². The number of rotatable bonds is 13. The van der Waals surface area contributed by atoms with Crippen LogP contribution in [0.25, 0.3) is 197 Å². The first-order valence-corrected chi connectivity index (χ1v) is 44.4. The second-order valence-corrected chi connectivity index (χ2v) is 35.3. The lowest BCUT2D eigenvalue weighted by atomic mass is 9.87. The largest absolute Gasteiger partial charge is 0.456 e. The van der Waals surface area contributed by atoms with E-state index in [0.29, 0.717) is 140 Å². The van der Waals surface area contributed by atoms with Gasteiger partial charge in [-0.2, -0.15) is 18.3 Å². The molecule has 1 atom stereocenters. The minimum Gasteiger partial charge on any atom is -0.456 e. The normalized spacial score (nSPS) is 17.0. The third kappa shape index (κ3) is 16.9. The molecule has 137 heavy (non-hydrogen) atoms. The molecule has 0 radical (unpaired) electrons. The van der Waals surface area contributed by atoms with Gasteiger partial charge < -0.3 is 17.7 Å². The van der Waals surface area contributed by atoms with Crippen LogP contribution in [-0.2, 0) is 40.9 Å². The number of fused-ring (bicyclic) bond motifs is 12. The lowest BCUT2D eigenvalue weighted by Gasteiger charge is -2.19. The summed E-state index contributed by atoms with van der Waals surface area (Å²) >= 11 is 0. The number of benzene rings is 12. The molecule has 1 saturated carbocycles. The fourth-order valence-corrected chi connectivity index (χ4v) is 18.1. The molecule has 676 valence electrons. The molecule has 0 N–H and O–H groups in total. The van der Waals surface area contributed by atoms with Crippen molar-refractivity contribution < 1.29 is 86.7 Å². The van der Waals surface area contributed by atoms with Crippen molar-refractivity contribution in [2.75, 3.05) is 0 Å². The molecule has 8 aromatic heterocycles. The zero-order valence-corrected chi connectivity index (χ0v) is 78.9. The van der Waals surface area contributed by atoms with Crippen LogP contribution < -0.4 is 18.3 Å². The highest BCUT2D eigenvalue weighted by Gasteiger charge is 2.34. The van der Waals surface area contributed by atoms with E-state index in [1.165, 1.54) is 25.1 Å². The molecule has 0 amide bonds. The lowest BCUT2D eigenvalue weighted by Crippen LogP contribution is -2.36. The van der Waals surface area contributed by atoms with Crippen LogP contribution in [0.3, 0.4) is 0 Å². The van der Waals surface area contributed by atoms with Gasteiger partial charge in [-0.15, -0.1) is 0 Å². The Hall–Kier alpha value is -15.6. The molecule has 21 rings (SSSR count). The minimum atomic E-state index is -2.76. The molecule has 8 heterocycles. The zero-order valence-electron chi connectivity index (χ0n) is 116. The quantitative estimate of drug-likeness (QED) is 0.0850. The van der Waals surface area contributed by atoms with E-state index in [-0.39, 0.29) is 160 Å². The summed E-state index contributed by atoms with van der Waals surface area (Å²) < 4.78 is 348. The van der Waals surface area contributed by atoms with E-state index in [1.54, 1.807) is 140 Å². The van der Waals surface area contributed by atoms with Crippen LogP contribution in [0.4, 0.5) is 22.7 Å². The zero-order chi connectivity index (χ0) is 129. The Labute approximate surface area is 856 Å². The highest BCUT2D eigenvalue weighted by molar-refractivity contribution is 6.19. The predicted octanol–water partition coefficient (Wildman–Crippen LogP) is 33.2. The van der Waals surface area contributed by atoms with Crippen LogP contribution in [0.15, 0.2) is 284 Å². The second kappa shape index (κ2) is 37.7. The monoisotopic (exact) mass is 1830 g/mol. The number of hydrogen-bond acceptors (Lipinski definition) is 4. The Morgan fingerprint density at radius 3 is 0.927 bits per heavy atom. The Morgan fingerprint density at radius 1 is 0.358 bits per heavy atom. The summed E-state index contributed by atoms with van der Waals surface area (Å²) in [6.45, 7) is 52.7. The molecule has 0 aliphatic heterocycles. The van der Waals surface area contributed by atoms with Gasteiger partial charge in [-0.25, -0.2) is 19.4 Å². The Morgan fingerprint density at radius 2 is 0.628 bits per heavy atom. The first-order chi connectivity index (χ1) is 81.2. The summed E-state index contributed by atoms with van der Waals surface area (Å²) in [6, 6.07) is 16.1. The molecule has 1 unspecified atom stereocenters. The van der Waals surface area contributed by atoms with Crippen LogP contribution >= 0.6 is 0 Å². The molecule has 0 saturated heterocycles. The topological polar surface area (TPSA) is 85.5 Å². The molecular formula is C125H116N8O4+4. The van der Waals surface area contributed by atoms with Gasteiger partial charge in [-0.3, -0.25) is 0 Å². The van der Waals surface area contributed by atoms with E-state index in [2.05, 4.69) is 19.4 Å². The van der Waals surface area contributed by atoms with E-state index in [0.717, 1.165) is 35.2 Å². The van der Waals surface area contributed by atoms with E-state index >= 15 is 0 Å². The number of nitrogens with zero attached hydrogens (tertiary/aromatic N) is 8. The average Bonchev–Trinajstić information content (AvgIpc) is 1.29. The molecule has 12 nitrogen and oxygen atoms in total. The highest BCUT2D eigenvalue weighted by atomic mass is 16.3. The average molecular weight is 1830 g/mol. The van der Waals surface area contributed by atoms with Gasteiger partial charge in [-0.1, -0.05) is 279 Å². The summed E-state index contributed by atoms with van der Waals surface area (Å²) in [5.74, 6) is -3.49. The number of aromatic nitrogens is 4. The number of furan rings is 4. The number of hydrogen-bond donors (Lipinski definition) is 0. The van der Waals surface area contributed by atoms with Crippen molar-refractivity contribution in [2.24, 2.45) is 39.5 Å². The van der Waals surface area contributed by atoms with Crippen molar-refractivity contribution in [3.05, 3.63) is 379 Å². The van der Waals surface area contributed by atoms with E-state index in [9.17, 15) is 0 Å². The standard InChI is InChI=1S/C32H29N2O.C32H31N2O.C31H29N2O.C30H27N2O/c1-20-14-15-25-26-16-18-27(33-3)30(23-12-6-5-7-13-23)32(26)35-31(25)29(20)28-19-17-24(21(2)34(28)4)22-10-8-9-11-22;1-20-13-15-24-25-16-17-26(33-6)29(22-11-9-8-10-12-22)31(25)35-30(24)28(20)27-18-14-23(19-32(3,4)5)21(2)34(27)7;1-19(2)18-23-13-17-27(33(6)21(23)4)28-20(3)12-14-24-25-15-16-26(32-5)29(31(25)34-30(24)28)22-10-8-7-9-11-22;1-18(2)22-15-17-26(32(6)20(22)4)27-19(3)12-13-23-24-14-16-25(31-5)28(30(24)33-29(23)27)21-10-8-7-9-11-21/h5-7,12-19,22H,8-11H2,1-2,4H3;8-18H,19H2,1-5,7H3;7-17,19H,18H2,1-4,6H3;7-18H,1-4,6H3/q4*+1/i5D,6D,7D,12D,13D,17D,19D,22D;8D,9D,10D,11D,12D,14D,18D,19D2;7D,8D,9D,10D,11D,13D,17D,18D2;1D3,7D,8D,9D,10D,11D,15D,17D,18D. The van der Waals surface area contributed by atoms with Crippen molar-refractivity contribution in [3.63, 3.8) is 0 Å². The summed E-state index contributed by atoms with van der Waals surface area (Å²) in [5, 5.41) is 4.66. The fraction of sp³-hybridized carbons (Fsp3) is 0.232. The predicted molar refractivity (Wildman–Crippen MR) is 563 cm³/mol. The third-order valence-corrected chi connectivity index (χ3v) is 25.3. The van der Waals surface area contributed by atoms with Crippen molar-refractivity contribution in [3.8, 4) is 89.5 Å². The van der Waals surface area contributed by atoms with Gasteiger partial charge in [0.2, 0.25) is 22.8 Å². The van der Waals surface area contributed by atoms with Crippen LogP contribution in [-0.4, -0.2) is 0 Å².